The number of pyridine rings is 1. The number of aryl methyl sites for hydroxylation is 2. The van der Waals surface area contributed by atoms with Crippen molar-refractivity contribution in [2.75, 3.05) is 26.2 Å². The monoisotopic (exact) mass is 363 g/mol. The first-order valence-electron chi connectivity index (χ1n) is 9.45. The molecule has 4 rings (SSSR count). The summed E-state index contributed by atoms with van der Waals surface area (Å²) in [5, 5.41) is 3.01. The van der Waals surface area contributed by atoms with Gasteiger partial charge in [-0.15, -0.1) is 0 Å². The minimum atomic E-state index is -0.0929. The molecule has 1 aliphatic heterocycles. The van der Waals surface area contributed by atoms with Gasteiger partial charge in [0.15, 0.2) is 5.65 Å². The third-order valence-electron chi connectivity index (χ3n) is 5.43. The molecule has 0 radical (unpaired) electrons. The van der Waals surface area contributed by atoms with Gasteiger partial charge < -0.3 is 14.8 Å². The number of nitrogens with zero attached hydrogens (tertiary/aromatic N) is 4. The van der Waals surface area contributed by atoms with Crippen molar-refractivity contribution >= 4 is 17.1 Å². The van der Waals surface area contributed by atoms with Crippen LogP contribution in [0.3, 0.4) is 0 Å². The fourth-order valence-electron chi connectivity index (χ4n) is 3.90. The van der Waals surface area contributed by atoms with Gasteiger partial charge in [-0.2, -0.15) is 0 Å². The van der Waals surface area contributed by atoms with Crippen molar-refractivity contribution in [3.63, 3.8) is 0 Å². The minimum Gasteiger partial charge on any atom is -0.351 e. The maximum Gasteiger partial charge on any atom is 0.252 e. The predicted octanol–water partition coefficient (Wildman–Crippen LogP) is 2.50. The topological polar surface area (TPSA) is 63.1 Å². The molecule has 1 saturated heterocycles. The second kappa shape index (κ2) is 7.48. The summed E-state index contributed by atoms with van der Waals surface area (Å²) >= 11 is 0. The largest absolute Gasteiger partial charge is 0.351 e. The number of amides is 1. The van der Waals surface area contributed by atoms with Gasteiger partial charge >= 0.3 is 0 Å². The van der Waals surface area contributed by atoms with Crippen LogP contribution in [0.15, 0.2) is 42.9 Å². The number of rotatable bonds is 5. The van der Waals surface area contributed by atoms with Crippen LogP contribution in [0.4, 0.5) is 0 Å². The summed E-state index contributed by atoms with van der Waals surface area (Å²) in [4.78, 5) is 23.4. The standard InChI is InChI=1S/C21H25N5O/c1-15-5-3-4-6-18(15)16-7-9-26(13-16)10-8-22-21(27)17-11-19-20(23-12-17)25(2)14-24-19/h3-6,11-12,14,16H,7-10,13H2,1-2H3,(H,22,27). The van der Waals surface area contributed by atoms with Gasteiger partial charge in [-0.1, -0.05) is 24.3 Å². The van der Waals surface area contributed by atoms with Gasteiger partial charge in [0, 0.05) is 32.9 Å². The van der Waals surface area contributed by atoms with Gasteiger partial charge in [-0.3, -0.25) is 4.79 Å². The molecular formula is C21H25N5O. The molecule has 0 saturated carbocycles. The SMILES string of the molecule is Cc1ccccc1C1CCN(CCNC(=O)c2cnc3c(c2)ncn3C)C1. The van der Waals surface area contributed by atoms with Gasteiger partial charge in [0.05, 0.1) is 11.9 Å². The molecule has 27 heavy (non-hydrogen) atoms. The zero-order valence-corrected chi connectivity index (χ0v) is 15.9. The molecule has 1 N–H and O–H groups in total. The van der Waals surface area contributed by atoms with Crippen molar-refractivity contribution in [2.45, 2.75) is 19.3 Å². The van der Waals surface area contributed by atoms with Crippen molar-refractivity contribution < 1.29 is 4.79 Å². The summed E-state index contributed by atoms with van der Waals surface area (Å²) in [5.41, 5.74) is 4.91. The highest BCUT2D eigenvalue weighted by Crippen LogP contribution is 2.28. The molecule has 1 fully saturated rings. The van der Waals surface area contributed by atoms with Crippen molar-refractivity contribution in [1.29, 1.82) is 0 Å². The van der Waals surface area contributed by atoms with Crippen molar-refractivity contribution in [1.82, 2.24) is 24.8 Å². The quantitative estimate of drug-likeness (QED) is 0.757. The van der Waals surface area contributed by atoms with Crippen LogP contribution >= 0.6 is 0 Å². The second-order valence-electron chi connectivity index (χ2n) is 7.32. The molecule has 1 amide bonds. The number of carbonyl (C=O) groups is 1. The third-order valence-corrected chi connectivity index (χ3v) is 5.43. The Morgan fingerprint density at radius 2 is 2.15 bits per heavy atom. The maximum atomic E-state index is 12.4. The molecule has 2 aromatic heterocycles. The fraction of sp³-hybridized carbons (Fsp3) is 0.381. The molecule has 1 aliphatic rings. The average molecular weight is 363 g/mol. The van der Waals surface area contributed by atoms with Crippen LogP contribution in [0.1, 0.15) is 33.8 Å². The van der Waals surface area contributed by atoms with Crippen LogP contribution in [0.25, 0.3) is 11.2 Å². The number of fused-ring (bicyclic) bond motifs is 1. The van der Waals surface area contributed by atoms with Gasteiger partial charge in [0.25, 0.3) is 5.91 Å². The Bertz CT molecular complexity index is 964. The normalized spacial score (nSPS) is 17.5. The van der Waals surface area contributed by atoms with E-state index in [1.54, 1.807) is 18.6 Å². The average Bonchev–Trinajstić information content (AvgIpc) is 3.29. The Labute approximate surface area is 159 Å². The number of imidazole rings is 1. The highest BCUT2D eigenvalue weighted by molar-refractivity contribution is 5.96. The van der Waals surface area contributed by atoms with Crippen LogP contribution < -0.4 is 5.32 Å². The van der Waals surface area contributed by atoms with Crippen LogP contribution in [-0.4, -0.2) is 51.5 Å². The number of likely N-dealkylation sites (tertiary alicyclic amines) is 1. The van der Waals surface area contributed by atoms with E-state index in [1.165, 1.54) is 17.5 Å². The smallest absolute Gasteiger partial charge is 0.252 e. The Morgan fingerprint density at radius 1 is 1.30 bits per heavy atom. The van der Waals surface area contributed by atoms with Crippen molar-refractivity contribution in [2.24, 2.45) is 7.05 Å². The minimum absolute atomic E-state index is 0.0929. The molecule has 3 aromatic rings. The summed E-state index contributed by atoms with van der Waals surface area (Å²) in [6.45, 7) is 5.83. The zero-order chi connectivity index (χ0) is 18.8. The fourth-order valence-corrected chi connectivity index (χ4v) is 3.90. The lowest BCUT2D eigenvalue weighted by Gasteiger charge is -2.17. The van der Waals surface area contributed by atoms with E-state index in [2.05, 4.69) is 51.4 Å². The number of hydrogen-bond donors (Lipinski definition) is 1. The number of benzene rings is 1. The summed E-state index contributed by atoms with van der Waals surface area (Å²) in [7, 11) is 1.89. The maximum absolute atomic E-state index is 12.4. The molecule has 1 atom stereocenters. The molecule has 0 aliphatic carbocycles. The van der Waals surface area contributed by atoms with Crippen LogP contribution in [0.2, 0.25) is 0 Å². The van der Waals surface area contributed by atoms with Gasteiger partial charge in [0.1, 0.15) is 5.52 Å². The molecule has 140 valence electrons. The first-order valence-corrected chi connectivity index (χ1v) is 9.45. The van der Waals surface area contributed by atoms with E-state index in [0.717, 1.165) is 30.8 Å². The summed E-state index contributed by atoms with van der Waals surface area (Å²) < 4.78 is 1.84. The summed E-state index contributed by atoms with van der Waals surface area (Å²) in [6.07, 6.45) is 4.50. The van der Waals surface area contributed by atoms with Crippen LogP contribution in [-0.2, 0) is 7.05 Å². The van der Waals surface area contributed by atoms with E-state index in [4.69, 9.17) is 0 Å². The lowest BCUT2D eigenvalue weighted by Crippen LogP contribution is -2.33. The Morgan fingerprint density at radius 3 is 3.00 bits per heavy atom. The third kappa shape index (κ3) is 3.71. The molecule has 6 heteroatoms. The van der Waals surface area contributed by atoms with Crippen molar-refractivity contribution in [3.05, 3.63) is 59.5 Å². The number of nitrogens with one attached hydrogen (secondary N) is 1. The molecule has 0 spiro atoms. The summed E-state index contributed by atoms with van der Waals surface area (Å²) in [6, 6.07) is 10.4. The Kier molecular flexibility index (Phi) is 4.90. The molecule has 6 nitrogen and oxygen atoms in total. The van der Waals surface area contributed by atoms with Crippen LogP contribution in [0, 0.1) is 6.92 Å². The van der Waals surface area contributed by atoms with Crippen molar-refractivity contribution in [3.8, 4) is 0 Å². The highest BCUT2D eigenvalue weighted by atomic mass is 16.1. The lowest BCUT2D eigenvalue weighted by atomic mass is 9.94. The zero-order valence-electron chi connectivity index (χ0n) is 15.9. The van der Waals surface area contributed by atoms with Crippen LogP contribution in [0.5, 0.6) is 0 Å². The molecule has 1 unspecified atom stereocenters. The first kappa shape index (κ1) is 17.7. The lowest BCUT2D eigenvalue weighted by molar-refractivity contribution is 0.0949. The Hall–Kier alpha value is -2.73. The van der Waals surface area contributed by atoms with E-state index in [0.29, 0.717) is 18.0 Å². The second-order valence-corrected chi connectivity index (χ2v) is 7.32. The molecule has 3 heterocycles. The first-order chi connectivity index (χ1) is 13.1. The number of hydrogen-bond acceptors (Lipinski definition) is 4. The van der Waals surface area contributed by atoms with E-state index >= 15 is 0 Å². The summed E-state index contributed by atoms with van der Waals surface area (Å²) in [5.74, 6) is 0.502. The van der Waals surface area contributed by atoms with E-state index in [9.17, 15) is 4.79 Å². The van der Waals surface area contributed by atoms with E-state index in [1.807, 2.05) is 11.6 Å². The van der Waals surface area contributed by atoms with Gasteiger partial charge in [0.2, 0.25) is 0 Å². The van der Waals surface area contributed by atoms with E-state index < -0.39 is 0 Å². The van der Waals surface area contributed by atoms with Gasteiger partial charge in [-0.05, 0) is 43.0 Å². The molecular weight excluding hydrogens is 338 g/mol. The molecule has 1 aromatic carbocycles. The highest BCUT2D eigenvalue weighted by Gasteiger charge is 2.24. The van der Waals surface area contributed by atoms with Gasteiger partial charge in [-0.25, -0.2) is 9.97 Å². The number of aromatic nitrogens is 3. The predicted molar refractivity (Wildman–Crippen MR) is 106 cm³/mol. The number of carbonyl (C=O) groups excluding carboxylic acids is 1. The van der Waals surface area contributed by atoms with E-state index in [-0.39, 0.29) is 5.91 Å². The Balaban J connectivity index is 1.29. The molecule has 0 bridgehead atoms.